The lowest BCUT2D eigenvalue weighted by Crippen LogP contribution is -2.39. The van der Waals surface area contributed by atoms with Gasteiger partial charge in [0.25, 0.3) is 0 Å². The molecule has 0 bridgehead atoms. The summed E-state index contributed by atoms with van der Waals surface area (Å²) in [7, 11) is 0. The number of hydrogen-bond donors (Lipinski definition) is 1. The van der Waals surface area contributed by atoms with E-state index in [1.807, 2.05) is 18.2 Å². The van der Waals surface area contributed by atoms with Crippen molar-refractivity contribution in [2.75, 3.05) is 23.3 Å². The number of rotatable bonds is 4. The van der Waals surface area contributed by atoms with Crippen molar-refractivity contribution in [3.05, 3.63) is 65.8 Å². The number of anilines is 2. The van der Waals surface area contributed by atoms with E-state index >= 15 is 0 Å². The second-order valence-corrected chi connectivity index (χ2v) is 7.31. The molecule has 1 fully saturated rings. The zero-order chi connectivity index (χ0) is 21.2. The van der Waals surface area contributed by atoms with Crippen LogP contribution in [0.1, 0.15) is 12.8 Å². The molecule has 0 radical (unpaired) electrons. The highest BCUT2D eigenvalue weighted by Gasteiger charge is 2.26. The maximum Gasteiger partial charge on any atom is 0.360 e. The smallest absolute Gasteiger partial charge is 0.360 e. The summed E-state index contributed by atoms with van der Waals surface area (Å²) < 4.78 is 6.86. The fraction of sp³-hybridized carbons (Fsp3) is 0.238. The van der Waals surface area contributed by atoms with Crippen molar-refractivity contribution in [1.29, 1.82) is 0 Å². The molecule has 4 heterocycles. The molecular formula is C21H19N7O3. The minimum absolute atomic E-state index is 0.166. The summed E-state index contributed by atoms with van der Waals surface area (Å²) in [5.74, 6) is 1.03. The molecule has 1 saturated heterocycles. The summed E-state index contributed by atoms with van der Waals surface area (Å²) in [6.45, 7) is 1.33. The number of carbonyl (C=O) groups excluding carboxylic acids is 1. The molecule has 3 aromatic heterocycles. The first kappa shape index (κ1) is 18.9. The Balaban J connectivity index is 1.25. The van der Waals surface area contributed by atoms with Crippen LogP contribution >= 0.6 is 0 Å². The minimum Gasteiger partial charge on any atom is -0.421 e. The first-order chi connectivity index (χ1) is 15.2. The zero-order valence-electron chi connectivity index (χ0n) is 16.5. The molecule has 0 saturated carbocycles. The third-order valence-corrected chi connectivity index (χ3v) is 5.38. The number of carbonyl (C=O) groups is 1. The van der Waals surface area contributed by atoms with Crippen molar-refractivity contribution < 1.29 is 9.21 Å². The molecule has 10 heteroatoms. The lowest BCUT2D eigenvalue weighted by Gasteiger charge is -2.32. The highest BCUT2D eigenvalue weighted by Crippen LogP contribution is 2.24. The number of piperidine rings is 1. The topological polar surface area (TPSA) is 119 Å². The molecule has 0 unspecified atom stereocenters. The van der Waals surface area contributed by atoms with E-state index in [9.17, 15) is 9.59 Å². The van der Waals surface area contributed by atoms with Gasteiger partial charge in [-0.05, 0) is 25.0 Å². The fourth-order valence-corrected chi connectivity index (χ4v) is 3.72. The summed E-state index contributed by atoms with van der Waals surface area (Å²) in [4.78, 5) is 39.6. The number of nitrogens with one attached hydrogen (secondary N) is 1. The minimum atomic E-state index is -0.550. The van der Waals surface area contributed by atoms with Gasteiger partial charge in [-0.2, -0.15) is 5.10 Å². The van der Waals surface area contributed by atoms with Crippen molar-refractivity contribution in [1.82, 2.24) is 24.7 Å². The SMILES string of the molecule is O=C(Nc1cc2ccccc2oc1=O)C1CCN(c2cc(-n3cncn3)ncn2)CC1. The number of hydrogen-bond acceptors (Lipinski definition) is 8. The van der Waals surface area contributed by atoms with Crippen LogP contribution in [-0.2, 0) is 4.79 Å². The second-order valence-electron chi connectivity index (χ2n) is 7.31. The van der Waals surface area contributed by atoms with Crippen LogP contribution in [0.3, 0.4) is 0 Å². The molecule has 4 aromatic rings. The van der Waals surface area contributed by atoms with Crippen LogP contribution in [0.25, 0.3) is 16.8 Å². The zero-order valence-corrected chi connectivity index (χ0v) is 16.5. The van der Waals surface area contributed by atoms with Crippen molar-refractivity contribution in [3.8, 4) is 5.82 Å². The van der Waals surface area contributed by atoms with Gasteiger partial charge in [-0.3, -0.25) is 4.79 Å². The quantitative estimate of drug-likeness (QED) is 0.501. The molecule has 10 nitrogen and oxygen atoms in total. The number of fused-ring (bicyclic) bond motifs is 1. The van der Waals surface area contributed by atoms with Crippen LogP contribution in [-0.4, -0.2) is 43.7 Å². The van der Waals surface area contributed by atoms with E-state index in [0.717, 1.165) is 11.2 Å². The third-order valence-electron chi connectivity index (χ3n) is 5.38. The maximum absolute atomic E-state index is 12.8. The number of benzene rings is 1. The van der Waals surface area contributed by atoms with Gasteiger partial charge in [-0.25, -0.2) is 24.4 Å². The molecule has 1 aliphatic heterocycles. The highest BCUT2D eigenvalue weighted by molar-refractivity contribution is 5.94. The van der Waals surface area contributed by atoms with E-state index in [1.165, 1.54) is 12.7 Å². The molecular weight excluding hydrogens is 398 g/mol. The Morgan fingerprint density at radius 1 is 1.06 bits per heavy atom. The molecule has 0 aliphatic carbocycles. The fourth-order valence-electron chi connectivity index (χ4n) is 3.72. The van der Waals surface area contributed by atoms with E-state index in [0.29, 0.717) is 37.3 Å². The highest BCUT2D eigenvalue weighted by atomic mass is 16.4. The Morgan fingerprint density at radius 3 is 2.68 bits per heavy atom. The number of amides is 1. The van der Waals surface area contributed by atoms with E-state index < -0.39 is 5.63 Å². The average molecular weight is 417 g/mol. The predicted octanol–water partition coefficient (Wildman–Crippen LogP) is 2.02. The number of para-hydroxylation sites is 1. The Bertz CT molecular complexity index is 1280. The first-order valence-corrected chi connectivity index (χ1v) is 9.93. The molecule has 1 N–H and O–H groups in total. The van der Waals surface area contributed by atoms with Crippen LogP contribution in [0.4, 0.5) is 11.5 Å². The van der Waals surface area contributed by atoms with E-state index in [-0.39, 0.29) is 17.5 Å². The average Bonchev–Trinajstić information content (AvgIpc) is 3.35. The molecule has 0 atom stereocenters. The van der Waals surface area contributed by atoms with Gasteiger partial charge in [0.05, 0.1) is 0 Å². The Morgan fingerprint density at radius 2 is 1.87 bits per heavy atom. The van der Waals surface area contributed by atoms with Crippen LogP contribution in [0.2, 0.25) is 0 Å². The first-order valence-electron chi connectivity index (χ1n) is 9.93. The van der Waals surface area contributed by atoms with E-state index in [1.54, 1.807) is 29.2 Å². The van der Waals surface area contributed by atoms with Gasteiger partial charge >= 0.3 is 5.63 Å². The molecule has 31 heavy (non-hydrogen) atoms. The lowest BCUT2D eigenvalue weighted by atomic mass is 9.96. The summed E-state index contributed by atoms with van der Waals surface area (Å²) in [6, 6.07) is 10.7. The molecule has 5 rings (SSSR count). The summed E-state index contributed by atoms with van der Waals surface area (Å²) in [5.41, 5.74) is 0.111. The van der Waals surface area contributed by atoms with E-state index in [4.69, 9.17) is 4.42 Å². The van der Waals surface area contributed by atoms with Crippen LogP contribution < -0.4 is 15.8 Å². The standard InChI is InChI=1S/C21H19N7O3/c29-20(26-16-9-15-3-1-2-4-17(15)31-21(16)30)14-5-7-27(8-6-14)18-10-19(24-12-23-18)28-13-22-11-25-28/h1-4,9-14H,5-8H2,(H,26,29). The van der Waals surface area contributed by atoms with Crippen molar-refractivity contribution in [3.63, 3.8) is 0 Å². The van der Waals surface area contributed by atoms with Gasteiger partial charge in [-0.1, -0.05) is 18.2 Å². The van der Waals surface area contributed by atoms with E-state index in [2.05, 4.69) is 30.3 Å². The summed E-state index contributed by atoms with van der Waals surface area (Å²) in [6.07, 6.45) is 5.80. The van der Waals surface area contributed by atoms with Crippen molar-refractivity contribution >= 4 is 28.4 Å². The normalized spacial score (nSPS) is 14.6. The largest absolute Gasteiger partial charge is 0.421 e. The maximum atomic E-state index is 12.8. The Hall–Kier alpha value is -4.08. The molecule has 1 aliphatic rings. The van der Waals surface area contributed by atoms with Gasteiger partial charge in [0.1, 0.15) is 36.1 Å². The van der Waals surface area contributed by atoms with Crippen molar-refractivity contribution in [2.24, 2.45) is 5.92 Å². The van der Waals surface area contributed by atoms with Gasteiger partial charge in [-0.15, -0.1) is 0 Å². The Kier molecular flexibility index (Phi) is 4.87. The van der Waals surface area contributed by atoms with Gasteiger partial charge < -0.3 is 14.6 Å². The summed E-state index contributed by atoms with van der Waals surface area (Å²) >= 11 is 0. The molecule has 156 valence electrons. The van der Waals surface area contributed by atoms with Crippen molar-refractivity contribution in [2.45, 2.75) is 12.8 Å². The lowest BCUT2D eigenvalue weighted by molar-refractivity contribution is -0.120. The molecule has 1 aromatic carbocycles. The number of aromatic nitrogens is 5. The molecule has 1 amide bonds. The van der Waals surface area contributed by atoms with Gasteiger partial charge in [0, 0.05) is 30.5 Å². The third kappa shape index (κ3) is 3.87. The van der Waals surface area contributed by atoms with Gasteiger partial charge in [0.2, 0.25) is 5.91 Å². The second kappa shape index (κ2) is 7.98. The van der Waals surface area contributed by atoms with Crippen LogP contribution in [0, 0.1) is 5.92 Å². The van der Waals surface area contributed by atoms with Gasteiger partial charge in [0.15, 0.2) is 5.82 Å². The van der Waals surface area contributed by atoms with Crippen LogP contribution in [0.15, 0.2) is 64.6 Å². The monoisotopic (exact) mass is 417 g/mol. The Labute approximate surface area is 176 Å². The van der Waals surface area contributed by atoms with Crippen LogP contribution in [0.5, 0.6) is 0 Å². The summed E-state index contributed by atoms with van der Waals surface area (Å²) in [5, 5.41) is 7.59. The molecule has 0 spiro atoms. The number of nitrogens with zero attached hydrogens (tertiary/aromatic N) is 6. The predicted molar refractivity (Wildman–Crippen MR) is 113 cm³/mol.